The maximum Gasteiger partial charge on any atom is 0.315 e. The molecule has 1 aromatic rings. The molecule has 7 nitrogen and oxygen atoms in total. The van der Waals surface area contributed by atoms with Crippen LogP contribution in [0.5, 0.6) is 0 Å². The van der Waals surface area contributed by atoms with Gasteiger partial charge in [-0.15, -0.1) is 0 Å². The first kappa shape index (κ1) is 17.2. The van der Waals surface area contributed by atoms with Crippen molar-refractivity contribution >= 4 is 11.7 Å². The molecule has 7 heteroatoms. The van der Waals surface area contributed by atoms with Crippen LogP contribution in [0.15, 0.2) is 18.2 Å². The molecule has 1 aliphatic rings. The standard InChI is InChI=1S/C16H23N3O4/c1-10-7-8-12(9-14(10)19(22)23)11(2)17-16(21)18-13-5-3-4-6-15(13)20/h7-9,11,13,15,20H,3-6H2,1-2H3,(H2,17,18,21)/t11-,13-,15-/m0/s1. The number of amides is 2. The van der Waals surface area contributed by atoms with Crippen molar-refractivity contribution in [3.05, 3.63) is 39.4 Å². The molecule has 1 aliphatic carbocycles. The minimum Gasteiger partial charge on any atom is -0.391 e. The Kier molecular flexibility index (Phi) is 5.54. The molecule has 0 spiro atoms. The smallest absolute Gasteiger partial charge is 0.315 e. The summed E-state index contributed by atoms with van der Waals surface area (Å²) in [6, 6.07) is 3.96. The van der Waals surface area contributed by atoms with E-state index in [1.807, 2.05) is 0 Å². The number of nitrogens with one attached hydrogen (secondary N) is 2. The second-order valence-corrected chi connectivity index (χ2v) is 6.10. The van der Waals surface area contributed by atoms with Crippen molar-refractivity contribution in [3.63, 3.8) is 0 Å². The molecule has 3 atom stereocenters. The van der Waals surface area contributed by atoms with Crippen LogP contribution in [-0.2, 0) is 0 Å². The molecule has 0 aromatic heterocycles. The van der Waals surface area contributed by atoms with Crippen LogP contribution in [0.3, 0.4) is 0 Å². The first-order valence-corrected chi connectivity index (χ1v) is 7.88. The maximum absolute atomic E-state index is 12.1. The van der Waals surface area contributed by atoms with Crippen LogP contribution in [-0.4, -0.2) is 28.2 Å². The monoisotopic (exact) mass is 321 g/mol. The van der Waals surface area contributed by atoms with Gasteiger partial charge < -0.3 is 15.7 Å². The van der Waals surface area contributed by atoms with Gasteiger partial charge in [-0.2, -0.15) is 0 Å². The lowest BCUT2D eigenvalue weighted by Crippen LogP contribution is -2.49. The second-order valence-electron chi connectivity index (χ2n) is 6.10. The first-order valence-electron chi connectivity index (χ1n) is 7.88. The molecule has 0 aliphatic heterocycles. The van der Waals surface area contributed by atoms with E-state index >= 15 is 0 Å². The van der Waals surface area contributed by atoms with Crippen LogP contribution in [0, 0.1) is 17.0 Å². The second kappa shape index (κ2) is 7.41. The SMILES string of the molecule is Cc1ccc([C@H](C)NC(=O)N[C@H]2CCCC[C@@H]2O)cc1[N+](=O)[O-]. The molecule has 1 aromatic carbocycles. The third-order valence-corrected chi connectivity index (χ3v) is 4.32. The van der Waals surface area contributed by atoms with E-state index in [1.165, 1.54) is 6.07 Å². The number of aliphatic hydroxyl groups excluding tert-OH is 1. The Morgan fingerprint density at radius 3 is 2.74 bits per heavy atom. The molecule has 0 bridgehead atoms. The molecule has 2 amide bonds. The van der Waals surface area contributed by atoms with Crippen molar-refractivity contribution in [1.82, 2.24) is 10.6 Å². The molecule has 0 saturated heterocycles. The number of aryl methyl sites for hydroxylation is 1. The van der Waals surface area contributed by atoms with Crippen molar-refractivity contribution in [3.8, 4) is 0 Å². The number of hydrogen-bond donors (Lipinski definition) is 3. The Balaban J connectivity index is 1.98. The van der Waals surface area contributed by atoms with Crippen molar-refractivity contribution in [2.45, 2.75) is 57.7 Å². The van der Waals surface area contributed by atoms with Gasteiger partial charge in [0.2, 0.25) is 0 Å². The number of nitro benzene ring substituents is 1. The average Bonchev–Trinajstić information content (AvgIpc) is 2.49. The van der Waals surface area contributed by atoms with Crippen molar-refractivity contribution < 1.29 is 14.8 Å². The summed E-state index contributed by atoms with van der Waals surface area (Å²) in [4.78, 5) is 22.6. The number of benzene rings is 1. The van der Waals surface area contributed by atoms with Gasteiger partial charge in [0.05, 0.1) is 23.1 Å². The molecule has 1 fully saturated rings. The largest absolute Gasteiger partial charge is 0.391 e. The Morgan fingerprint density at radius 2 is 2.09 bits per heavy atom. The summed E-state index contributed by atoms with van der Waals surface area (Å²) in [5.74, 6) is 0. The Labute approximate surface area is 135 Å². The lowest BCUT2D eigenvalue weighted by atomic mass is 9.93. The molecular formula is C16H23N3O4. The quantitative estimate of drug-likeness (QED) is 0.585. The van der Waals surface area contributed by atoms with Gasteiger partial charge in [0.15, 0.2) is 0 Å². The van der Waals surface area contributed by atoms with Gasteiger partial charge >= 0.3 is 6.03 Å². The van der Waals surface area contributed by atoms with Crippen molar-refractivity contribution in [2.24, 2.45) is 0 Å². The van der Waals surface area contributed by atoms with E-state index in [1.54, 1.807) is 26.0 Å². The fraction of sp³-hybridized carbons (Fsp3) is 0.562. The zero-order valence-corrected chi connectivity index (χ0v) is 13.4. The minimum atomic E-state index is -0.509. The Morgan fingerprint density at radius 1 is 1.39 bits per heavy atom. The highest BCUT2D eigenvalue weighted by atomic mass is 16.6. The molecule has 2 rings (SSSR count). The van der Waals surface area contributed by atoms with Crippen LogP contribution in [0.4, 0.5) is 10.5 Å². The van der Waals surface area contributed by atoms with Gasteiger partial charge in [0, 0.05) is 11.6 Å². The maximum atomic E-state index is 12.1. The van der Waals surface area contributed by atoms with Gasteiger partial charge in [-0.3, -0.25) is 10.1 Å². The third-order valence-electron chi connectivity index (χ3n) is 4.32. The Hall–Kier alpha value is -2.15. The normalized spacial score (nSPS) is 22.2. The zero-order valence-electron chi connectivity index (χ0n) is 13.4. The van der Waals surface area contributed by atoms with E-state index in [4.69, 9.17) is 0 Å². The lowest BCUT2D eigenvalue weighted by Gasteiger charge is -2.29. The molecule has 0 radical (unpaired) electrons. The van der Waals surface area contributed by atoms with Gasteiger partial charge in [-0.1, -0.05) is 25.0 Å². The summed E-state index contributed by atoms with van der Waals surface area (Å²) in [5, 5.41) is 26.4. The molecule has 0 heterocycles. The highest BCUT2D eigenvalue weighted by Crippen LogP contribution is 2.23. The number of hydrogen-bond acceptors (Lipinski definition) is 4. The van der Waals surface area contributed by atoms with E-state index in [0.717, 1.165) is 19.3 Å². The highest BCUT2D eigenvalue weighted by Gasteiger charge is 2.25. The summed E-state index contributed by atoms with van der Waals surface area (Å²) < 4.78 is 0. The summed E-state index contributed by atoms with van der Waals surface area (Å²) in [7, 11) is 0. The number of nitro groups is 1. The summed E-state index contributed by atoms with van der Waals surface area (Å²) in [5.41, 5.74) is 1.29. The molecule has 126 valence electrons. The first-order chi connectivity index (χ1) is 10.9. The number of aliphatic hydroxyl groups is 1. The summed E-state index contributed by atoms with van der Waals surface area (Å²) >= 11 is 0. The molecule has 0 unspecified atom stereocenters. The van der Waals surface area contributed by atoms with Crippen LogP contribution in [0.25, 0.3) is 0 Å². The summed E-state index contributed by atoms with van der Waals surface area (Å²) in [6.07, 6.45) is 2.92. The highest BCUT2D eigenvalue weighted by molar-refractivity contribution is 5.74. The predicted octanol–water partition coefficient (Wildman–Crippen LogP) is 2.57. The molecule has 3 N–H and O–H groups in total. The number of rotatable bonds is 4. The third kappa shape index (κ3) is 4.41. The van der Waals surface area contributed by atoms with Gasteiger partial charge in [-0.05, 0) is 32.3 Å². The predicted molar refractivity (Wildman–Crippen MR) is 86.2 cm³/mol. The van der Waals surface area contributed by atoms with Crippen LogP contribution in [0.2, 0.25) is 0 Å². The molecular weight excluding hydrogens is 298 g/mol. The van der Waals surface area contributed by atoms with E-state index in [-0.39, 0.29) is 23.8 Å². The van der Waals surface area contributed by atoms with E-state index in [2.05, 4.69) is 10.6 Å². The van der Waals surface area contributed by atoms with E-state index in [0.29, 0.717) is 17.5 Å². The number of urea groups is 1. The molecule has 1 saturated carbocycles. The topological polar surface area (TPSA) is 104 Å². The fourth-order valence-electron chi connectivity index (χ4n) is 2.86. The van der Waals surface area contributed by atoms with Crippen LogP contribution in [0.1, 0.15) is 49.8 Å². The van der Waals surface area contributed by atoms with Crippen molar-refractivity contribution in [1.29, 1.82) is 0 Å². The van der Waals surface area contributed by atoms with E-state index < -0.39 is 11.0 Å². The van der Waals surface area contributed by atoms with Gasteiger partial charge in [0.1, 0.15) is 0 Å². The van der Waals surface area contributed by atoms with Crippen LogP contribution >= 0.6 is 0 Å². The average molecular weight is 321 g/mol. The zero-order chi connectivity index (χ0) is 17.0. The van der Waals surface area contributed by atoms with Gasteiger partial charge in [-0.25, -0.2) is 4.79 Å². The number of nitrogens with zero attached hydrogens (tertiary/aromatic N) is 1. The lowest BCUT2D eigenvalue weighted by molar-refractivity contribution is -0.385. The minimum absolute atomic E-state index is 0.0410. The van der Waals surface area contributed by atoms with Crippen molar-refractivity contribution in [2.75, 3.05) is 0 Å². The fourth-order valence-corrected chi connectivity index (χ4v) is 2.86. The summed E-state index contributed by atoms with van der Waals surface area (Å²) in [6.45, 7) is 3.45. The number of carbonyl (C=O) groups excluding carboxylic acids is 1. The van der Waals surface area contributed by atoms with Crippen LogP contribution < -0.4 is 10.6 Å². The Bertz CT molecular complexity index is 591. The van der Waals surface area contributed by atoms with E-state index in [9.17, 15) is 20.0 Å². The molecule has 23 heavy (non-hydrogen) atoms. The number of carbonyl (C=O) groups is 1. The van der Waals surface area contributed by atoms with Gasteiger partial charge in [0.25, 0.3) is 5.69 Å².